The molecule has 0 bridgehead atoms. The highest BCUT2D eigenvalue weighted by atomic mass is 35.5. The second-order valence-electron chi connectivity index (χ2n) is 8.42. The van der Waals surface area contributed by atoms with E-state index in [0.717, 1.165) is 5.56 Å². The number of pyridine rings is 1. The lowest BCUT2D eigenvalue weighted by molar-refractivity contribution is -0.117. The van der Waals surface area contributed by atoms with Gasteiger partial charge in [0.05, 0.1) is 18.8 Å². The SMILES string of the molecule is COc1ccc(-c2nc([C@H](Cc3ccccc3)NC(=O)/C=C/c3cc(Cl)ccc3-n3cnnn3)[nH]c2Cl)cn1. The van der Waals surface area contributed by atoms with Crippen molar-refractivity contribution in [2.24, 2.45) is 0 Å². The first kappa shape index (κ1) is 26.1. The summed E-state index contributed by atoms with van der Waals surface area (Å²) in [6, 6.07) is 18.1. The van der Waals surface area contributed by atoms with Crippen molar-refractivity contribution >= 4 is 35.2 Å². The number of nitrogens with one attached hydrogen (secondary N) is 2. The zero-order chi connectivity index (χ0) is 27.2. The molecule has 0 saturated carbocycles. The topological polar surface area (TPSA) is 123 Å². The molecule has 1 atom stereocenters. The van der Waals surface area contributed by atoms with E-state index in [0.29, 0.717) is 50.8 Å². The van der Waals surface area contributed by atoms with Crippen molar-refractivity contribution in [1.29, 1.82) is 0 Å². The molecule has 2 N–H and O–H groups in total. The van der Waals surface area contributed by atoms with Crippen LogP contribution in [0.15, 0.2) is 79.3 Å². The molecule has 0 spiro atoms. The van der Waals surface area contributed by atoms with Crippen molar-refractivity contribution in [3.63, 3.8) is 0 Å². The fourth-order valence-electron chi connectivity index (χ4n) is 3.96. The molecule has 10 nitrogen and oxygen atoms in total. The molecule has 0 saturated heterocycles. The summed E-state index contributed by atoms with van der Waals surface area (Å²) in [5.41, 5.74) is 3.59. The summed E-state index contributed by atoms with van der Waals surface area (Å²) in [5, 5.41) is 15.2. The molecule has 3 aromatic heterocycles. The zero-order valence-corrected chi connectivity index (χ0v) is 22.1. The van der Waals surface area contributed by atoms with Crippen LogP contribution in [-0.4, -0.2) is 48.2 Å². The van der Waals surface area contributed by atoms with Gasteiger partial charge in [0, 0.05) is 34.5 Å². The molecule has 0 fully saturated rings. The van der Waals surface area contributed by atoms with Crippen molar-refractivity contribution in [3.8, 4) is 22.8 Å². The molecule has 1 amide bonds. The van der Waals surface area contributed by atoms with Crippen LogP contribution >= 0.6 is 23.2 Å². The largest absolute Gasteiger partial charge is 0.481 e. The Bertz CT molecular complexity index is 1590. The van der Waals surface area contributed by atoms with Crippen molar-refractivity contribution in [3.05, 3.63) is 106 Å². The molecule has 3 heterocycles. The lowest BCUT2D eigenvalue weighted by Gasteiger charge is -2.16. The molecule has 0 unspecified atom stereocenters. The highest BCUT2D eigenvalue weighted by Crippen LogP contribution is 2.29. The van der Waals surface area contributed by atoms with E-state index in [9.17, 15) is 4.79 Å². The summed E-state index contributed by atoms with van der Waals surface area (Å²) >= 11 is 12.7. The van der Waals surface area contributed by atoms with E-state index in [1.165, 1.54) is 17.1 Å². The van der Waals surface area contributed by atoms with E-state index >= 15 is 0 Å². The molecule has 0 aliphatic carbocycles. The number of halogens is 2. The number of aromatic amines is 1. The fraction of sp³-hybridized carbons (Fsp3) is 0.111. The normalized spacial score (nSPS) is 12.0. The number of hydrogen-bond donors (Lipinski definition) is 2. The first-order chi connectivity index (χ1) is 19.0. The number of imidazole rings is 1. The Kier molecular flexibility index (Phi) is 7.95. The quantitative estimate of drug-likeness (QED) is 0.246. The number of hydrogen-bond acceptors (Lipinski definition) is 7. The Morgan fingerprint density at radius 2 is 2.00 bits per heavy atom. The van der Waals surface area contributed by atoms with Crippen LogP contribution in [0.2, 0.25) is 10.2 Å². The van der Waals surface area contributed by atoms with Gasteiger partial charge in [-0.05, 0) is 52.8 Å². The number of H-pyrrole nitrogens is 1. The maximum atomic E-state index is 13.1. The number of rotatable bonds is 9. The van der Waals surface area contributed by atoms with E-state index in [1.807, 2.05) is 36.4 Å². The van der Waals surface area contributed by atoms with Crippen molar-refractivity contribution < 1.29 is 9.53 Å². The molecule has 5 aromatic rings. The minimum absolute atomic E-state index is 0.334. The summed E-state index contributed by atoms with van der Waals surface area (Å²) in [5.74, 6) is 0.655. The molecule has 5 rings (SSSR count). The molecular formula is C27H22Cl2N8O2. The summed E-state index contributed by atoms with van der Waals surface area (Å²) in [4.78, 5) is 25.2. The van der Waals surface area contributed by atoms with Gasteiger partial charge in [-0.25, -0.2) is 9.97 Å². The first-order valence-corrected chi connectivity index (χ1v) is 12.6. The van der Waals surface area contributed by atoms with Gasteiger partial charge < -0.3 is 15.0 Å². The maximum absolute atomic E-state index is 13.1. The second kappa shape index (κ2) is 11.9. The summed E-state index contributed by atoms with van der Waals surface area (Å²) in [6.07, 6.45) is 6.66. The van der Waals surface area contributed by atoms with Gasteiger partial charge in [-0.3, -0.25) is 4.79 Å². The third-order valence-electron chi connectivity index (χ3n) is 5.83. The Hall–Kier alpha value is -4.54. The Balaban J connectivity index is 1.41. The van der Waals surface area contributed by atoms with Crippen molar-refractivity contribution in [2.75, 3.05) is 7.11 Å². The van der Waals surface area contributed by atoms with Gasteiger partial charge in [0.2, 0.25) is 11.8 Å². The van der Waals surface area contributed by atoms with Gasteiger partial charge in [-0.15, -0.1) is 5.10 Å². The predicted octanol–water partition coefficient (Wildman–Crippen LogP) is 4.88. The number of aromatic nitrogens is 7. The molecular weight excluding hydrogens is 539 g/mol. The summed E-state index contributed by atoms with van der Waals surface area (Å²) in [6.45, 7) is 0. The van der Waals surface area contributed by atoms with E-state index in [4.69, 9.17) is 32.9 Å². The van der Waals surface area contributed by atoms with E-state index < -0.39 is 6.04 Å². The van der Waals surface area contributed by atoms with Crippen LogP contribution in [0.1, 0.15) is 23.0 Å². The second-order valence-corrected chi connectivity index (χ2v) is 9.23. The average Bonchev–Trinajstić information content (AvgIpc) is 3.62. The van der Waals surface area contributed by atoms with Gasteiger partial charge in [0.1, 0.15) is 23.0 Å². The standard InChI is InChI=1S/C27H22Cl2N8O2/c1-39-24-12-8-19(15-30-24)25-26(29)34-27(33-25)21(13-17-5-3-2-4-6-17)32-23(38)11-7-18-14-20(28)9-10-22(18)37-16-31-35-36-37/h2-12,14-16,21H,13H2,1H3,(H,32,38)(H,33,34)/b11-7+/t21-/m0/s1. The van der Waals surface area contributed by atoms with Gasteiger partial charge in [-0.2, -0.15) is 4.68 Å². The highest BCUT2D eigenvalue weighted by Gasteiger charge is 2.21. The van der Waals surface area contributed by atoms with Crippen LogP contribution in [0.3, 0.4) is 0 Å². The van der Waals surface area contributed by atoms with E-state index in [1.54, 1.807) is 43.6 Å². The monoisotopic (exact) mass is 560 g/mol. The third-order valence-corrected chi connectivity index (χ3v) is 6.33. The minimum Gasteiger partial charge on any atom is -0.481 e. The van der Waals surface area contributed by atoms with Gasteiger partial charge >= 0.3 is 0 Å². The van der Waals surface area contributed by atoms with E-state index in [-0.39, 0.29) is 5.91 Å². The Morgan fingerprint density at radius 1 is 1.15 bits per heavy atom. The lowest BCUT2D eigenvalue weighted by atomic mass is 10.1. The Morgan fingerprint density at radius 3 is 2.72 bits per heavy atom. The number of amides is 1. The van der Waals surface area contributed by atoms with Gasteiger partial charge in [-0.1, -0.05) is 53.5 Å². The van der Waals surface area contributed by atoms with Crippen LogP contribution in [0.25, 0.3) is 23.0 Å². The number of carbonyl (C=O) groups is 1. The van der Waals surface area contributed by atoms with Crippen molar-refractivity contribution in [2.45, 2.75) is 12.5 Å². The summed E-state index contributed by atoms with van der Waals surface area (Å²) < 4.78 is 6.63. The minimum atomic E-state index is -0.500. The smallest absolute Gasteiger partial charge is 0.244 e. The lowest BCUT2D eigenvalue weighted by Crippen LogP contribution is -2.29. The molecule has 196 valence electrons. The third kappa shape index (κ3) is 6.31. The maximum Gasteiger partial charge on any atom is 0.244 e. The first-order valence-electron chi connectivity index (χ1n) is 11.8. The highest BCUT2D eigenvalue weighted by molar-refractivity contribution is 6.32. The van der Waals surface area contributed by atoms with Crippen LogP contribution in [-0.2, 0) is 11.2 Å². The predicted molar refractivity (Wildman–Crippen MR) is 148 cm³/mol. The number of nitrogens with zero attached hydrogens (tertiary/aromatic N) is 6. The molecule has 0 aliphatic heterocycles. The number of carbonyl (C=O) groups excluding carboxylic acids is 1. The summed E-state index contributed by atoms with van der Waals surface area (Å²) in [7, 11) is 1.55. The number of benzene rings is 2. The number of tetrazole rings is 1. The van der Waals surface area contributed by atoms with Crippen LogP contribution in [0, 0.1) is 0 Å². The van der Waals surface area contributed by atoms with Gasteiger partial charge in [0.15, 0.2) is 0 Å². The fourth-order valence-corrected chi connectivity index (χ4v) is 4.39. The van der Waals surface area contributed by atoms with Gasteiger partial charge in [0.25, 0.3) is 0 Å². The molecule has 0 radical (unpaired) electrons. The molecule has 12 heteroatoms. The van der Waals surface area contributed by atoms with Crippen molar-refractivity contribution in [1.82, 2.24) is 40.5 Å². The molecule has 0 aliphatic rings. The van der Waals surface area contributed by atoms with Crippen LogP contribution in [0.4, 0.5) is 0 Å². The Labute approximate surface area is 233 Å². The molecule has 39 heavy (non-hydrogen) atoms. The molecule has 2 aromatic carbocycles. The van der Waals surface area contributed by atoms with Crippen LogP contribution < -0.4 is 10.1 Å². The van der Waals surface area contributed by atoms with Crippen LogP contribution in [0.5, 0.6) is 5.88 Å². The average molecular weight is 561 g/mol. The number of methoxy groups -OCH3 is 1. The zero-order valence-electron chi connectivity index (χ0n) is 20.6. The van der Waals surface area contributed by atoms with E-state index in [2.05, 4.69) is 30.8 Å². The number of ether oxygens (including phenoxy) is 1.